The third-order valence-electron chi connectivity index (χ3n) is 5.48. The van der Waals surface area contributed by atoms with E-state index in [0.717, 1.165) is 11.3 Å². The van der Waals surface area contributed by atoms with Crippen LogP contribution in [-0.4, -0.2) is 44.0 Å². The van der Waals surface area contributed by atoms with Crippen molar-refractivity contribution in [3.8, 4) is 17.2 Å². The standard InChI is InChI=1S/C25H22N6O3S/c1-33-21-13-12-17(14-22(21)34-2)15-30-24(32)19-10-6-7-11-20(19)26-25(30)35-16-23-27-28-29-31(23)18-8-4-3-5-9-18/h3-14H,15-16H2,1-2H3. The summed E-state index contributed by atoms with van der Waals surface area (Å²) in [6, 6.07) is 22.6. The molecule has 9 nitrogen and oxygen atoms in total. The van der Waals surface area contributed by atoms with Gasteiger partial charge in [0.05, 0.1) is 43.1 Å². The molecule has 5 rings (SSSR count). The molecule has 3 aromatic carbocycles. The molecule has 0 fully saturated rings. The summed E-state index contributed by atoms with van der Waals surface area (Å²) in [5.74, 6) is 2.31. The summed E-state index contributed by atoms with van der Waals surface area (Å²) in [7, 11) is 3.18. The number of benzene rings is 3. The van der Waals surface area contributed by atoms with Gasteiger partial charge in [0.2, 0.25) is 0 Å². The number of aromatic nitrogens is 6. The van der Waals surface area contributed by atoms with Crippen molar-refractivity contribution in [3.05, 3.63) is 94.5 Å². The summed E-state index contributed by atoms with van der Waals surface area (Å²) < 4.78 is 14.1. The monoisotopic (exact) mass is 486 g/mol. The lowest BCUT2D eigenvalue weighted by Gasteiger charge is -2.15. The second-order valence-corrected chi connectivity index (χ2v) is 8.57. The Balaban J connectivity index is 1.52. The number of nitrogens with zero attached hydrogens (tertiary/aromatic N) is 6. The van der Waals surface area contributed by atoms with Crippen LogP contribution in [0.5, 0.6) is 11.5 Å². The zero-order valence-electron chi connectivity index (χ0n) is 19.2. The van der Waals surface area contributed by atoms with Gasteiger partial charge in [-0.3, -0.25) is 9.36 Å². The van der Waals surface area contributed by atoms with Gasteiger partial charge in [0.25, 0.3) is 5.56 Å². The van der Waals surface area contributed by atoms with E-state index < -0.39 is 0 Å². The number of ether oxygens (including phenoxy) is 2. The average molecular weight is 487 g/mol. The smallest absolute Gasteiger partial charge is 0.262 e. The first-order valence-corrected chi connectivity index (χ1v) is 11.8. The predicted molar refractivity (Wildman–Crippen MR) is 133 cm³/mol. The van der Waals surface area contributed by atoms with E-state index in [9.17, 15) is 4.79 Å². The lowest BCUT2D eigenvalue weighted by atomic mass is 10.2. The van der Waals surface area contributed by atoms with Crippen LogP contribution < -0.4 is 15.0 Å². The largest absolute Gasteiger partial charge is 0.493 e. The molecule has 5 aromatic rings. The van der Waals surface area contributed by atoms with Gasteiger partial charge >= 0.3 is 0 Å². The number of thioether (sulfide) groups is 1. The summed E-state index contributed by atoms with van der Waals surface area (Å²) in [6.07, 6.45) is 0. The average Bonchev–Trinajstić information content (AvgIpc) is 3.38. The first-order chi connectivity index (χ1) is 17.2. The van der Waals surface area contributed by atoms with E-state index >= 15 is 0 Å². The van der Waals surface area contributed by atoms with Crippen LogP contribution in [0.25, 0.3) is 16.6 Å². The minimum absolute atomic E-state index is 0.115. The van der Waals surface area contributed by atoms with Crippen LogP contribution >= 0.6 is 11.8 Å². The second-order valence-electron chi connectivity index (χ2n) is 7.62. The van der Waals surface area contributed by atoms with E-state index in [2.05, 4.69) is 15.5 Å². The molecule has 0 amide bonds. The Kier molecular flexibility index (Phi) is 6.44. The van der Waals surface area contributed by atoms with Crippen LogP contribution in [0.4, 0.5) is 0 Å². The summed E-state index contributed by atoms with van der Waals surface area (Å²) in [4.78, 5) is 18.3. The molecule has 2 aromatic heterocycles. The Morgan fingerprint density at radius 1 is 0.914 bits per heavy atom. The maximum absolute atomic E-state index is 13.5. The van der Waals surface area contributed by atoms with E-state index in [0.29, 0.717) is 45.7 Å². The predicted octanol–water partition coefficient (Wildman–Crippen LogP) is 3.73. The molecule has 10 heteroatoms. The molecule has 0 spiro atoms. The summed E-state index contributed by atoms with van der Waals surface area (Å²) >= 11 is 1.41. The topological polar surface area (TPSA) is 97.0 Å². The van der Waals surface area contributed by atoms with Crippen LogP contribution in [-0.2, 0) is 12.3 Å². The number of hydrogen-bond acceptors (Lipinski definition) is 8. The molecule has 0 aliphatic rings. The van der Waals surface area contributed by atoms with Gasteiger partial charge in [-0.15, -0.1) is 5.10 Å². The highest BCUT2D eigenvalue weighted by Gasteiger charge is 2.16. The van der Waals surface area contributed by atoms with Gasteiger partial charge in [-0.1, -0.05) is 48.2 Å². The third kappa shape index (κ3) is 4.60. The SMILES string of the molecule is COc1ccc(Cn2c(SCc3nnnn3-c3ccccc3)nc3ccccc3c2=O)cc1OC. The van der Waals surface area contributed by atoms with Crippen molar-refractivity contribution < 1.29 is 9.47 Å². The molecule has 0 bridgehead atoms. The lowest BCUT2D eigenvalue weighted by Crippen LogP contribution is -2.24. The number of tetrazole rings is 1. The molecule has 0 aliphatic carbocycles. The molecule has 0 atom stereocenters. The van der Waals surface area contributed by atoms with Crippen molar-refractivity contribution in [2.75, 3.05) is 14.2 Å². The van der Waals surface area contributed by atoms with Gasteiger partial charge in [-0.25, -0.2) is 4.98 Å². The van der Waals surface area contributed by atoms with Gasteiger partial charge < -0.3 is 9.47 Å². The minimum atomic E-state index is -0.115. The van der Waals surface area contributed by atoms with Gasteiger partial charge in [0.1, 0.15) is 0 Å². The highest BCUT2D eigenvalue weighted by molar-refractivity contribution is 7.98. The van der Waals surface area contributed by atoms with Crippen LogP contribution in [0.1, 0.15) is 11.4 Å². The quantitative estimate of drug-likeness (QED) is 0.242. The van der Waals surface area contributed by atoms with Gasteiger partial charge in [0.15, 0.2) is 22.5 Å². The van der Waals surface area contributed by atoms with Gasteiger partial charge in [0, 0.05) is 0 Å². The van der Waals surface area contributed by atoms with Crippen molar-refractivity contribution >= 4 is 22.7 Å². The molecule has 0 N–H and O–H groups in total. The maximum atomic E-state index is 13.5. The van der Waals surface area contributed by atoms with Crippen molar-refractivity contribution in [1.29, 1.82) is 0 Å². The lowest BCUT2D eigenvalue weighted by molar-refractivity contribution is 0.354. The number of methoxy groups -OCH3 is 2. The highest BCUT2D eigenvalue weighted by Crippen LogP contribution is 2.29. The molecule has 2 heterocycles. The maximum Gasteiger partial charge on any atom is 0.262 e. The van der Waals surface area contributed by atoms with E-state index in [1.165, 1.54) is 11.8 Å². The Labute approximate surface area is 205 Å². The molecule has 0 saturated heterocycles. The summed E-state index contributed by atoms with van der Waals surface area (Å²) in [6.45, 7) is 0.322. The molecule has 176 valence electrons. The van der Waals surface area contributed by atoms with Crippen molar-refractivity contribution in [3.63, 3.8) is 0 Å². The fraction of sp³-hybridized carbons (Fsp3) is 0.160. The van der Waals surface area contributed by atoms with Gasteiger partial charge in [-0.2, -0.15) is 4.68 Å². The zero-order chi connectivity index (χ0) is 24.2. The normalized spacial score (nSPS) is 11.0. The highest BCUT2D eigenvalue weighted by atomic mass is 32.2. The van der Waals surface area contributed by atoms with E-state index in [4.69, 9.17) is 14.5 Å². The van der Waals surface area contributed by atoms with E-state index in [1.807, 2.05) is 66.7 Å². The van der Waals surface area contributed by atoms with Crippen molar-refractivity contribution in [2.24, 2.45) is 0 Å². The molecule has 0 aliphatic heterocycles. The Morgan fingerprint density at radius 2 is 1.69 bits per heavy atom. The molecule has 35 heavy (non-hydrogen) atoms. The van der Waals surface area contributed by atoms with Crippen LogP contribution in [0.15, 0.2) is 82.7 Å². The molecular weight excluding hydrogens is 464 g/mol. The molecule has 0 radical (unpaired) electrons. The molecular formula is C25H22N6O3S. The number of fused-ring (bicyclic) bond motifs is 1. The summed E-state index contributed by atoms with van der Waals surface area (Å²) in [5.41, 5.74) is 2.28. The number of para-hydroxylation sites is 2. The molecule has 0 saturated carbocycles. The fourth-order valence-electron chi connectivity index (χ4n) is 3.75. The first kappa shape index (κ1) is 22.6. The Bertz CT molecular complexity index is 1530. The second kappa shape index (κ2) is 9.98. The van der Waals surface area contributed by atoms with E-state index in [1.54, 1.807) is 29.5 Å². The van der Waals surface area contributed by atoms with Crippen LogP contribution in [0.2, 0.25) is 0 Å². The van der Waals surface area contributed by atoms with Crippen molar-refractivity contribution in [1.82, 2.24) is 29.8 Å². The minimum Gasteiger partial charge on any atom is -0.493 e. The van der Waals surface area contributed by atoms with E-state index in [-0.39, 0.29) is 5.56 Å². The van der Waals surface area contributed by atoms with Crippen LogP contribution in [0.3, 0.4) is 0 Å². The number of hydrogen-bond donors (Lipinski definition) is 0. The summed E-state index contributed by atoms with van der Waals surface area (Å²) in [5, 5.41) is 13.3. The zero-order valence-corrected chi connectivity index (χ0v) is 20.0. The van der Waals surface area contributed by atoms with Gasteiger partial charge in [-0.05, 0) is 52.4 Å². The number of rotatable bonds is 8. The Morgan fingerprint density at radius 3 is 2.49 bits per heavy atom. The van der Waals surface area contributed by atoms with Crippen LogP contribution in [0, 0.1) is 0 Å². The first-order valence-electron chi connectivity index (χ1n) is 10.8. The fourth-order valence-corrected chi connectivity index (χ4v) is 4.66. The molecule has 0 unspecified atom stereocenters. The third-order valence-corrected chi connectivity index (χ3v) is 6.45. The Hall–Kier alpha value is -4.18. The van der Waals surface area contributed by atoms with Crippen molar-refractivity contribution in [2.45, 2.75) is 17.5 Å².